The zero-order chi connectivity index (χ0) is 23.0. The van der Waals surface area contributed by atoms with E-state index in [0.29, 0.717) is 26.1 Å². The fourth-order valence-corrected chi connectivity index (χ4v) is 4.82. The number of benzene rings is 2. The van der Waals surface area contributed by atoms with Crippen LogP contribution in [0.15, 0.2) is 84.7 Å². The van der Waals surface area contributed by atoms with Crippen molar-refractivity contribution in [1.82, 2.24) is 4.90 Å². The summed E-state index contributed by atoms with van der Waals surface area (Å²) in [5.41, 5.74) is 2.25. The lowest BCUT2D eigenvalue weighted by Gasteiger charge is -2.38. The van der Waals surface area contributed by atoms with Crippen molar-refractivity contribution in [3.05, 3.63) is 95.8 Å². The van der Waals surface area contributed by atoms with Gasteiger partial charge >= 0.3 is 0 Å². The van der Waals surface area contributed by atoms with Crippen molar-refractivity contribution < 1.29 is 19.3 Å². The van der Waals surface area contributed by atoms with Crippen LogP contribution in [0.3, 0.4) is 0 Å². The van der Waals surface area contributed by atoms with Crippen molar-refractivity contribution in [3.8, 4) is 0 Å². The number of aliphatic hydroxyl groups excluding tert-OH is 2. The van der Waals surface area contributed by atoms with Crippen molar-refractivity contribution in [3.63, 3.8) is 0 Å². The number of piperidine rings is 1. The number of aliphatic hydroxyl groups is 2. The van der Waals surface area contributed by atoms with E-state index in [4.69, 9.17) is 4.74 Å². The average Bonchev–Trinajstić information content (AvgIpc) is 2.84. The second kappa shape index (κ2) is 11.7. The van der Waals surface area contributed by atoms with Gasteiger partial charge in [0, 0.05) is 25.6 Å². The van der Waals surface area contributed by atoms with Crippen LogP contribution in [-0.2, 0) is 4.74 Å². The van der Waals surface area contributed by atoms with Gasteiger partial charge in [-0.25, -0.2) is 4.39 Å². The summed E-state index contributed by atoms with van der Waals surface area (Å²) < 4.78 is 19.5. The maximum atomic E-state index is 13.2. The Morgan fingerprint density at radius 2 is 1.70 bits per heavy atom. The minimum absolute atomic E-state index is 0.0688. The summed E-state index contributed by atoms with van der Waals surface area (Å²) in [4.78, 5) is 2.12. The predicted octanol–water partition coefficient (Wildman–Crippen LogP) is 4.66. The van der Waals surface area contributed by atoms with Crippen LogP contribution in [0.2, 0.25) is 0 Å². The van der Waals surface area contributed by atoms with Crippen LogP contribution in [0.25, 0.3) is 0 Å². The molecular weight excluding hydrogens is 417 g/mol. The van der Waals surface area contributed by atoms with Crippen LogP contribution in [0.5, 0.6) is 0 Å². The lowest BCUT2D eigenvalue weighted by molar-refractivity contribution is -0.0195. The van der Waals surface area contributed by atoms with Crippen LogP contribution in [-0.4, -0.2) is 53.6 Å². The van der Waals surface area contributed by atoms with Gasteiger partial charge in [0.05, 0.1) is 12.2 Å². The Bertz CT molecular complexity index is 878. The molecule has 1 aliphatic heterocycles. The fraction of sp³-hybridized carbons (Fsp3) is 0.429. The molecule has 1 fully saturated rings. The van der Waals surface area contributed by atoms with Crippen LogP contribution in [0.4, 0.5) is 4.39 Å². The van der Waals surface area contributed by atoms with Gasteiger partial charge in [-0.1, -0.05) is 66.7 Å². The molecule has 2 N–H and O–H groups in total. The van der Waals surface area contributed by atoms with Gasteiger partial charge in [-0.05, 0) is 55.0 Å². The number of rotatable bonds is 9. The molecule has 1 unspecified atom stereocenters. The molecule has 2 aromatic rings. The van der Waals surface area contributed by atoms with E-state index in [2.05, 4.69) is 29.2 Å². The standard InChI is InChI=1S/C28H34FNO3/c29-25-13-11-21(12-14-25)26(31)19-30-17-15-22(27(32)20-30)16-18-33-28(23-7-3-1-4-8-23)24-9-5-2-6-10-24/h1-11,13-14,21-22,26-28,31-32H,12,15-20H2/t21?,22-,26+,27+/m1/s1. The highest BCUT2D eigenvalue weighted by atomic mass is 19.1. The van der Waals surface area contributed by atoms with Gasteiger partial charge in [-0.2, -0.15) is 0 Å². The minimum Gasteiger partial charge on any atom is -0.392 e. The number of hydrogen-bond donors (Lipinski definition) is 2. The quantitative estimate of drug-likeness (QED) is 0.583. The number of halogens is 1. The highest BCUT2D eigenvalue weighted by Gasteiger charge is 2.30. The fourth-order valence-electron chi connectivity index (χ4n) is 4.82. The van der Waals surface area contributed by atoms with Crippen LogP contribution >= 0.6 is 0 Å². The first-order valence-electron chi connectivity index (χ1n) is 11.9. The molecule has 1 saturated heterocycles. The molecule has 0 spiro atoms. The van der Waals surface area contributed by atoms with E-state index in [-0.39, 0.29) is 23.8 Å². The molecule has 5 heteroatoms. The second-order valence-electron chi connectivity index (χ2n) is 9.15. The third kappa shape index (κ3) is 6.61. The normalized spacial score (nSPS) is 24.6. The molecule has 1 heterocycles. The second-order valence-corrected chi connectivity index (χ2v) is 9.15. The van der Waals surface area contributed by atoms with E-state index in [0.717, 1.165) is 30.5 Å². The van der Waals surface area contributed by atoms with Crippen LogP contribution in [0.1, 0.15) is 36.5 Å². The van der Waals surface area contributed by atoms with Gasteiger partial charge in [-0.15, -0.1) is 0 Å². The van der Waals surface area contributed by atoms with Crippen LogP contribution in [0, 0.1) is 11.8 Å². The number of β-amino-alcohol motifs (C(OH)–C–C–N with tert-alkyl or cyclic N) is 2. The smallest absolute Gasteiger partial charge is 0.118 e. The monoisotopic (exact) mass is 451 g/mol. The van der Waals surface area contributed by atoms with E-state index in [9.17, 15) is 14.6 Å². The predicted molar refractivity (Wildman–Crippen MR) is 128 cm³/mol. The summed E-state index contributed by atoms with van der Waals surface area (Å²) in [6, 6.07) is 20.5. The molecule has 176 valence electrons. The van der Waals surface area contributed by atoms with Gasteiger partial charge in [0.25, 0.3) is 0 Å². The number of ether oxygens (including phenoxy) is 1. The third-order valence-corrected chi connectivity index (χ3v) is 6.81. The molecule has 4 atom stereocenters. The van der Waals surface area contributed by atoms with Gasteiger partial charge in [0.2, 0.25) is 0 Å². The Morgan fingerprint density at radius 3 is 2.27 bits per heavy atom. The molecule has 1 aliphatic carbocycles. The Hall–Kier alpha value is -2.31. The maximum absolute atomic E-state index is 13.2. The molecule has 2 aliphatic rings. The molecule has 2 aromatic carbocycles. The lowest BCUT2D eigenvalue weighted by Crippen LogP contribution is -2.47. The lowest BCUT2D eigenvalue weighted by atomic mass is 9.89. The first-order valence-corrected chi connectivity index (χ1v) is 11.9. The Kier molecular flexibility index (Phi) is 8.46. The molecule has 4 nitrogen and oxygen atoms in total. The maximum Gasteiger partial charge on any atom is 0.118 e. The Labute approximate surface area is 196 Å². The highest BCUT2D eigenvalue weighted by molar-refractivity contribution is 5.29. The molecule has 0 aromatic heterocycles. The molecule has 0 amide bonds. The summed E-state index contributed by atoms with van der Waals surface area (Å²) in [6.45, 7) is 2.45. The average molecular weight is 452 g/mol. The molecule has 0 radical (unpaired) electrons. The van der Waals surface area contributed by atoms with Gasteiger partial charge in [-0.3, -0.25) is 4.90 Å². The number of hydrogen-bond acceptors (Lipinski definition) is 4. The minimum atomic E-state index is -0.560. The summed E-state index contributed by atoms with van der Waals surface area (Å²) in [7, 11) is 0. The summed E-state index contributed by atoms with van der Waals surface area (Å²) in [5, 5.41) is 21.3. The SMILES string of the molecule is O[C@@H](CN1CC[C@H](CCOC(c2ccccc2)c2ccccc2)[C@@H](O)C1)C1C=CC(F)=CC1. The Balaban J connectivity index is 1.26. The van der Waals surface area contributed by atoms with Crippen molar-refractivity contribution in [1.29, 1.82) is 0 Å². The van der Waals surface area contributed by atoms with Crippen molar-refractivity contribution in [2.24, 2.45) is 11.8 Å². The van der Waals surface area contributed by atoms with E-state index in [1.807, 2.05) is 36.4 Å². The third-order valence-electron chi connectivity index (χ3n) is 6.81. The van der Waals surface area contributed by atoms with Crippen molar-refractivity contribution in [2.75, 3.05) is 26.2 Å². The van der Waals surface area contributed by atoms with E-state index >= 15 is 0 Å². The van der Waals surface area contributed by atoms with Gasteiger partial charge < -0.3 is 14.9 Å². The largest absolute Gasteiger partial charge is 0.392 e. The number of nitrogens with zero attached hydrogens (tertiary/aromatic N) is 1. The van der Waals surface area contributed by atoms with E-state index in [1.165, 1.54) is 12.2 Å². The van der Waals surface area contributed by atoms with Crippen LogP contribution < -0.4 is 0 Å². The van der Waals surface area contributed by atoms with E-state index in [1.54, 1.807) is 6.08 Å². The van der Waals surface area contributed by atoms with Gasteiger partial charge in [0.15, 0.2) is 0 Å². The zero-order valence-corrected chi connectivity index (χ0v) is 19.0. The Morgan fingerprint density at radius 1 is 1.03 bits per heavy atom. The molecule has 4 rings (SSSR count). The van der Waals surface area contributed by atoms with Crippen molar-refractivity contribution >= 4 is 0 Å². The highest BCUT2D eigenvalue weighted by Crippen LogP contribution is 2.28. The van der Waals surface area contributed by atoms with Crippen molar-refractivity contribution in [2.45, 2.75) is 37.6 Å². The molecule has 0 bridgehead atoms. The molecular formula is C28H34FNO3. The summed E-state index contributed by atoms with van der Waals surface area (Å²) in [5.74, 6) is -0.128. The first kappa shape index (κ1) is 23.8. The van der Waals surface area contributed by atoms with Gasteiger partial charge in [0.1, 0.15) is 11.9 Å². The summed E-state index contributed by atoms with van der Waals surface area (Å²) in [6.07, 6.45) is 5.75. The number of allylic oxidation sites excluding steroid dienone is 3. The molecule has 33 heavy (non-hydrogen) atoms. The summed E-state index contributed by atoms with van der Waals surface area (Å²) >= 11 is 0. The first-order chi connectivity index (χ1) is 16.1. The zero-order valence-electron chi connectivity index (χ0n) is 19.0. The molecule has 0 saturated carbocycles. The number of likely N-dealkylation sites (tertiary alicyclic amines) is 1. The topological polar surface area (TPSA) is 52.9 Å². The van der Waals surface area contributed by atoms with E-state index < -0.39 is 12.2 Å².